The molecule has 1 aliphatic heterocycles. The quantitative estimate of drug-likeness (QED) is 0.585. The standard InChI is InChI=1S/C10H14N2O3/c1-2-3-8(9(11)13)12-10(14)7-4-5-15-6-7/h1,7-8H,3-6H2,(H2,11,13)(H,12,14)/t7-,8+/m1/s1. The highest BCUT2D eigenvalue weighted by atomic mass is 16.5. The Morgan fingerprint density at radius 2 is 2.40 bits per heavy atom. The molecule has 1 fully saturated rings. The van der Waals surface area contributed by atoms with Gasteiger partial charge in [0.25, 0.3) is 0 Å². The number of carbonyl (C=O) groups excluding carboxylic acids is 2. The Hall–Kier alpha value is -1.54. The summed E-state index contributed by atoms with van der Waals surface area (Å²) in [5.74, 6) is 1.28. The number of hydrogen-bond donors (Lipinski definition) is 2. The van der Waals surface area contributed by atoms with Crippen LogP contribution in [0, 0.1) is 18.3 Å². The molecular weight excluding hydrogens is 196 g/mol. The van der Waals surface area contributed by atoms with Crippen molar-refractivity contribution in [2.75, 3.05) is 13.2 Å². The summed E-state index contributed by atoms with van der Waals surface area (Å²) >= 11 is 0. The van der Waals surface area contributed by atoms with Gasteiger partial charge in [0.15, 0.2) is 0 Å². The lowest BCUT2D eigenvalue weighted by atomic mass is 10.1. The van der Waals surface area contributed by atoms with E-state index >= 15 is 0 Å². The molecule has 1 saturated heterocycles. The van der Waals surface area contributed by atoms with Crippen LogP contribution in [0.3, 0.4) is 0 Å². The Kier molecular flexibility index (Phi) is 4.13. The molecule has 0 spiro atoms. The van der Waals surface area contributed by atoms with Gasteiger partial charge in [-0.1, -0.05) is 0 Å². The first kappa shape index (κ1) is 11.5. The fourth-order valence-electron chi connectivity index (χ4n) is 1.37. The summed E-state index contributed by atoms with van der Waals surface area (Å²) in [5.41, 5.74) is 5.09. The largest absolute Gasteiger partial charge is 0.381 e. The maximum atomic E-state index is 11.6. The molecule has 0 radical (unpaired) electrons. The van der Waals surface area contributed by atoms with Crippen molar-refractivity contribution >= 4 is 11.8 Å². The predicted octanol–water partition coefficient (Wildman–Crippen LogP) is -0.984. The summed E-state index contributed by atoms with van der Waals surface area (Å²) in [7, 11) is 0. The summed E-state index contributed by atoms with van der Waals surface area (Å²) < 4.78 is 5.06. The van der Waals surface area contributed by atoms with Crippen molar-refractivity contribution in [3.8, 4) is 12.3 Å². The molecule has 5 nitrogen and oxygen atoms in total. The predicted molar refractivity (Wildman–Crippen MR) is 53.5 cm³/mol. The van der Waals surface area contributed by atoms with Gasteiger partial charge in [0.1, 0.15) is 6.04 Å². The van der Waals surface area contributed by atoms with Gasteiger partial charge >= 0.3 is 0 Å². The number of primary amides is 1. The number of carbonyl (C=O) groups is 2. The van der Waals surface area contributed by atoms with Gasteiger partial charge in [-0.3, -0.25) is 9.59 Å². The van der Waals surface area contributed by atoms with Crippen LogP contribution in [0.15, 0.2) is 0 Å². The van der Waals surface area contributed by atoms with Crippen LogP contribution < -0.4 is 11.1 Å². The van der Waals surface area contributed by atoms with Crippen molar-refractivity contribution in [2.45, 2.75) is 18.9 Å². The Morgan fingerprint density at radius 1 is 1.67 bits per heavy atom. The van der Waals surface area contributed by atoms with Crippen LogP contribution >= 0.6 is 0 Å². The molecule has 0 saturated carbocycles. The Balaban J connectivity index is 2.46. The van der Waals surface area contributed by atoms with E-state index < -0.39 is 11.9 Å². The van der Waals surface area contributed by atoms with Crippen LogP contribution in [0.4, 0.5) is 0 Å². The second kappa shape index (κ2) is 5.37. The highest BCUT2D eigenvalue weighted by molar-refractivity contribution is 5.87. The van der Waals surface area contributed by atoms with E-state index in [4.69, 9.17) is 16.9 Å². The Morgan fingerprint density at radius 3 is 2.87 bits per heavy atom. The Bertz CT molecular complexity index is 290. The van der Waals surface area contributed by atoms with E-state index in [9.17, 15) is 9.59 Å². The van der Waals surface area contributed by atoms with E-state index in [1.165, 1.54) is 0 Å². The highest BCUT2D eigenvalue weighted by Crippen LogP contribution is 2.12. The Labute approximate surface area is 88.3 Å². The zero-order valence-electron chi connectivity index (χ0n) is 8.36. The molecule has 2 atom stereocenters. The molecule has 82 valence electrons. The first-order valence-corrected chi connectivity index (χ1v) is 4.76. The van der Waals surface area contributed by atoms with Gasteiger partial charge < -0.3 is 15.8 Å². The van der Waals surface area contributed by atoms with Crippen molar-refractivity contribution in [1.82, 2.24) is 5.32 Å². The van der Waals surface area contributed by atoms with Crippen molar-refractivity contribution in [1.29, 1.82) is 0 Å². The lowest BCUT2D eigenvalue weighted by Crippen LogP contribution is -2.46. The number of ether oxygens (including phenoxy) is 1. The van der Waals surface area contributed by atoms with Crippen LogP contribution in [0.5, 0.6) is 0 Å². The maximum Gasteiger partial charge on any atom is 0.240 e. The van der Waals surface area contributed by atoms with E-state index in [0.717, 1.165) is 0 Å². The first-order valence-electron chi connectivity index (χ1n) is 4.76. The molecule has 0 aromatic rings. The van der Waals surface area contributed by atoms with Crippen molar-refractivity contribution in [2.24, 2.45) is 11.7 Å². The van der Waals surface area contributed by atoms with E-state index in [-0.39, 0.29) is 18.2 Å². The summed E-state index contributed by atoms with van der Waals surface area (Å²) in [5, 5.41) is 2.52. The second-order valence-electron chi connectivity index (χ2n) is 3.43. The molecule has 1 aliphatic rings. The fourth-order valence-corrected chi connectivity index (χ4v) is 1.37. The molecule has 1 heterocycles. The minimum Gasteiger partial charge on any atom is -0.381 e. The summed E-state index contributed by atoms with van der Waals surface area (Å²) in [4.78, 5) is 22.5. The molecule has 3 N–H and O–H groups in total. The molecule has 0 aromatic heterocycles. The average Bonchev–Trinajstić information content (AvgIpc) is 2.69. The monoisotopic (exact) mass is 210 g/mol. The zero-order valence-corrected chi connectivity index (χ0v) is 8.36. The van der Waals surface area contributed by atoms with E-state index in [1.54, 1.807) is 0 Å². The number of rotatable bonds is 4. The maximum absolute atomic E-state index is 11.6. The van der Waals surface area contributed by atoms with Crippen LogP contribution in [0.2, 0.25) is 0 Å². The van der Waals surface area contributed by atoms with Gasteiger partial charge in [-0.2, -0.15) is 0 Å². The van der Waals surface area contributed by atoms with Crippen molar-refractivity contribution in [3.63, 3.8) is 0 Å². The van der Waals surface area contributed by atoms with Crippen molar-refractivity contribution < 1.29 is 14.3 Å². The first-order chi connectivity index (χ1) is 7.15. The normalized spacial score (nSPS) is 21.7. The zero-order chi connectivity index (χ0) is 11.3. The van der Waals surface area contributed by atoms with Crippen LogP contribution in [0.25, 0.3) is 0 Å². The third kappa shape index (κ3) is 3.26. The van der Waals surface area contributed by atoms with E-state index in [2.05, 4.69) is 11.2 Å². The molecule has 5 heteroatoms. The summed E-state index contributed by atoms with van der Waals surface area (Å²) in [6.45, 7) is 0.974. The van der Waals surface area contributed by atoms with Gasteiger partial charge in [0.2, 0.25) is 11.8 Å². The number of amides is 2. The molecule has 0 aliphatic carbocycles. The number of nitrogens with two attached hydrogens (primary N) is 1. The van der Waals surface area contributed by atoms with Crippen LogP contribution in [0.1, 0.15) is 12.8 Å². The molecule has 2 amide bonds. The van der Waals surface area contributed by atoms with E-state index in [1.807, 2.05) is 0 Å². The van der Waals surface area contributed by atoms with Gasteiger partial charge in [-0.05, 0) is 6.42 Å². The fraction of sp³-hybridized carbons (Fsp3) is 0.600. The molecule has 15 heavy (non-hydrogen) atoms. The SMILES string of the molecule is C#CC[C@H](NC(=O)[C@@H]1CCOC1)C(N)=O. The molecule has 0 aromatic carbocycles. The molecular formula is C10H14N2O3. The molecule has 0 unspecified atom stereocenters. The number of hydrogen-bond acceptors (Lipinski definition) is 3. The average molecular weight is 210 g/mol. The summed E-state index contributed by atoms with van der Waals surface area (Å²) in [6, 6.07) is -0.775. The summed E-state index contributed by atoms with van der Waals surface area (Å²) in [6.07, 6.45) is 5.86. The second-order valence-corrected chi connectivity index (χ2v) is 3.43. The number of nitrogens with one attached hydrogen (secondary N) is 1. The lowest BCUT2D eigenvalue weighted by molar-refractivity contribution is -0.129. The highest BCUT2D eigenvalue weighted by Gasteiger charge is 2.26. The van der Waals surface area contributed by atoms with Gasteiger partial charge in [-0.15, -0.1) is 12.3 Å². The van der Waals surface area contributed by atoms with Gasteiger partial charge in [-0.25, -0.2) is 0 Å². The minimum absolute atomic E-state index is 0.120. The van der Waals surface area contributed by atoms with E-state index in [0.29, 0.717) is 19.6 Å². The smallest absolute Gasteiger partial charge is 0.240 e. The molecule has 1 rings (SSSR count). The minimum atomic E-state index is -0.775. The van der Waals surface area contributed by atoms with Crippen LogP contribution in [-0.2, 0) is 14.3 Å². The van der Waals surface area contributed by atoms with Crippen LogP contribution in [-0.4, -0.2) is 31.1 Å². The van der Waals surface area contributed by atoms with Gasteiger partial charge in [0.05, 0.1) is 12.5 Å². The van der Waals surface area contributed by atoms with Gasteiger partial charge in [0, 0.05) is 13.0 Å². The number of terminal acetylenes is 1. The molecule has 0 bridgehead atoms. The third-order valence-corrected chi connectivity index (χ3v) is 2.28. The lowest BCUT2D eigenvalue weighted by Gasteiger charge is -2.15. The topological polar surface area (TPSA) is 81.4 Å². The van der Waals surface area contributed by atoms with Crippen molar-refractivity contribution in [3.05, 3.63) is 0 Å². The third-order valence-electron chi connectivity index (χ3n) is 2.28.